The molecule has 6 heteroatoms. The summed E-state index contributed by atoms with van der Waals surface area (Å²) < 4.78 is 16.8. The molecule has 0 aromatic heterocycles. The third kappa shape index (κ3) is 45.3. The molecule has 0 saturated heterocycles. The van der Waals surface area contributed by atoms with E-state index in [0.717, 1.165) is 63.7 Å². The molecule has 338 valence electrons. The molecule has 0 aromatic carbocycles. The second-order valence-corrected chi connectivity index (χ2v) is 17.9. The molecule has 0 bridgehead atoms. The Morgan fingerprint density at radius 3 is 0.860 bits per heavy atom. The lowest BCUT2D eigenvalue weighted by Gasteiger charge is -2.18. The average molecular weight is 807 g/mol. The van der Waals surface area contributed by atoms with E-state index in [2.05, 4.69) is 27.7 Å². The van der Waals surface area contributed by atoms with Gasteiger partial charge in [-0.1, -0.05) is 246 Å². The van der Waals surface area contributed by atoms with Gasteiger partial charge in [-0.2, -0.15) is 0 Å². The highest BCUT2D eigenvalue weighted by atomic mass is 16.6. The number of hydrogen-bond donors (Lipinski definition) is 0. The Morgan fingerprint density at radius 2 is 0.579 bits per heavy atom. The highest BCUT2D eigenvalue weighted by molar-refractivity contribution is 5.71. The standard InChI is InChI=1S/C51H98O6/c1-5-7-9-11-13-15-17-19-21-23-27-31-35-39-43-50(53)56-46-48(57-51(54)44-40-36-32-28-24-25-29-33-37-41-47(3)4)45-55-49(52)42-38-34-30-26-22-20-18-16-14-12-10-8-6-2/h47-48H,5-46H2,1-4H3/t48-/m1/s1. The Bertz CT molecular complexity index is 857. The molecule has 57 heavy (non-hydrogen) atoms. The molecular formula is C51H98O6. The van der Waals surface area contributed by atoms with Crippen LogP contribution in [-0.4, -0.2) is 37.2 Å². The maximum atomic E-state index is 12.8. The van der Waals surface area contributed by atoms with Gasteiger partial charge in [0.15, 0.2) is 6.10 Å². The lowest BCUT2D eigenvalue weighted by Crippen LogP contribution is -2.30. The molecule has 0 fully saturated rings. The van der Waals surface area contributed by atoms with Crippen molar-refractivity contribution in [2.24, 2.45) is 5.92 Å². The van der Waals surface area contributed by atoms with Crippen LogP contribution >= 0.6 is 0 Å². The molecule has 0 heterocycles. The summed E-state index contributed by atoms with van der Waals surface area (Å²) in [5.41, 5.74) is 0. The number of hydrogen-bond acceptors (Lipinski definition) is 6. The van der Waals surface area contributed by atoms with Crippen molar-refractivity contribution >= 4 is 17.9 Å². The van der Waals surface area contributed by atoms with Gasteiger partial charge in [0, 0.05) is 19.3 Å². The fraction of sp³-hybridized carbons (Fsp3) is 0.941. The fourth-order valence-corrected chi connectivity index (χ4v) is 7.69. The molecule has 0 unspecified atom stereocenters. The Kier molecular flexibility index (Phi) is 44.2. The summed E-state index contributed by atoms with van der Waals surface area (Å²) in [7, 11) is 0. The Balaban J connectivity index is 4.31. The van der Waals surface area contributed by atoms with E-state index in [0.29, 0.717) is 19.3 Å². The van der Waals surface area contributed by atoms with Gasteiger partial charge < -0.3 is 14.2 Å². The minimum atomic E-state index is -0.760. The normalized spacial score (nSPS) is 11.9. The van der Waals surface area contributed by atoms with E-state index in [4.69, 9.17) is 14.2 Å². The third-order valence-corrected chi connectivity index (χ3v) is 11.5. The van der Waals surface area contributed by atoms with Gasteiger partial charge in [0.2, 0.25) is 0 Å². The van der Waals surface area contributed by atoms with Gasteiger partial charge in [-0.25, -0.2) is 0 Å². The Morgan fingerprint density at radius 1 is 0.333 bits per heavy atom. The first-order chi connectivity index (χ1) is 27.9. The summed E-state index contributed by atoms with van der Waals surface area (Å²) in [6.07, 6.45) is 46.5. The minimum absolute atomic E-state index is 0.0631. The van der Waals surface area contributed by atoms with Crippen LogP contribution in [0.1, 0.15) is 285 Å². The average Bonchev–Trinajstić information content (AvgIpc) is 3.19. The van der Waals surface area contributed by atoms with Gasteiger partial charge in [-0.3, -0.25) is 14.4 Å². The SMILES string of the molecule is CCCCCCCCCCCCCCCCC(=O)OC[C@@H](COC(=O)CCCCCCCCCCCCCCC)OC(=O)CCCCCCCCCCCC(C)C. The lowest BCUT2D eigenvalue weighted by molar-refractivity contribution is -0.167. The third-order valence-electron chi connectivity index (χ3n) is 11.5. The molecule has 0 aliphatic carbocycles. The monoisotopic (exact) mass is 807 g/mol. The van der Waals surface area contributed by atoms with E-state index in [-0.39, 0.29) is 31.1 Å². The molecule has 0 aromatic rings. The first-order valence-electron chi connectivity index (χ1n) is 25.4. The molecule has 0 amide bonds. The zero-order valence-electron chi connectivity index (χ0n) is 38.8. The fourth-order valence-electron chi connectivity index (χ4n) is 7.69. The van der Waals surface area contributed by atoms with Gasteiger partial charge in [-0.15, -0.1) is 0 Å². The van der Waals surface area contributed by atoms with Crippen molar-refractivity contribution in [2.75, 3.05) is 13.2 Å². The second kappa shape index (κ2) is 45.5. The van der Waals surface area contributed by atoms with Crippen LogP contribution < -0.4 is 0 Å². The van der Waals surface area contributed by atoms with E-state index >= 15 is 0 Å². The maximum absolute atomic E-state index is 12.8. The summed E-state index contributed by atoms with van der Waals surface area (Å²) in [5, 5.41) is 0. The molecule has 6 nitrogen and oxygen atoms in total. The van der Waals surface area contributed by atoms with Crippen LogP contribution in [0.15, 0.2) is 0 Å². The molecule has 0 rings (SSSR count). The van der Waals surface area contributed by atoms with Crippen LogP contribution in [0.2, 0.25) is 0 Å². The van der Waals surface area contributed by atoms with Crippen LogP contribution in [0.3, 0.4) is 0 Å². The predicted molar refractivity (Wildman–Crippen MR) is 243 cm³/mol. The van der Waals surface area contributed by atoms with Gasteiger partial charge in [0.1, 0.15) is 13.2 Å². The van der Waals surface area contributed by atoms with Crippen molar-refractivity contribution in [2.45, 2.75) is 291 Å². The molecule has 1 atom stereocenters. The highest BCUT2D eigenvalue weighted by Crippen LogP contribution is 2.17. The van der Waals surface area contributed by atoms with Crippen molar-refractivity contribution < 1.29 is 28.6 Å². The summed E-state index contributed by atoms with van der Waals surface area (Å²) in [6, 6.07) is 0. The summed E-state index contributed by atoms with van der Waals surface area (Å²) in [6.45, 7) is 9.00. The Labute approximate surface area is 355 Å². The molecule has 0 aliphatic rings. The van der Waals surface area contributed by atoms with Crippen LogP contribution in [-0.2, 0) is 28.6 Å². The van der Waals surface area contributed by atoms with Crippen LogP contribution in [0.25, 0.3) is 0 Å². The first kappa shape index (κ1) is 55.4. The van der Waals surface area contributed by atoms with Gasteiger partial charge in [-0.05, 0) is 25.2 Å². The van der Waals surface area contributed by atoms with E-state index < -0.39 is 6.10 Å². The molecule has 0 radical (unpaired) electrons. The van der Waals surface area contributed by atoms with Crippen LogP contribution in [0.5, 0.6) is 0 Å². The number of carbonyl (C=O) groups is 3. The van der Waals surface area contributed by atoms with Gasteiger partial charge in [0.05, 0.1) is 0 Å². The van der Waals surface area contributed by atoms with E-state index in [1.165, 1.54) is 180 Å². The van der Waals surface area contributed by atoms with Crippen molar-refractivity contribution in [3.8, 4) is 0 Å². The number of carbonyl (C=O) groups excluding carboxylic acids is 3. The predicted octanol–water partition coefficient (Wildman–Crippen LogP) is 16.3. The zero-order chi connectivity index (χ0) is 41.7. The molecular weight excluding hydrogens is 709 g/mol. The zero-order valence-corrected chi connectivity index (χ0v) is 38.8. The number of rotatable bonds is 46. The van der Waals surface area contributed by atoms with Crippen LogP contribution in [0.4, 0.5) is 0 Å². The quantitative estimate of drug-likeness (QED) is 0.0346. The highest BCUT2D eigenvalue weighted by Gasteiger charge is 2.19. The molecule has 0 N–H and O–H groups in total. The van der Waals surface area contributed by atoms with E-state index in [9.17, 15) is 14.4 Å². The van der Waals surface area contributed by atoms with Crippen molar-refractivity contribution in [1.29, 1.82) is 0 Å². The summed E-state index contributed by atoms with van der Waals surface area (Å²) in [5.74, 6) is -0.0406. The van der Waals surface area contributed by atoms with Gasteiger partial charge in [0.25, 0.3) is 0 Å². The van der Waals surface area contributed by atoms with Crippen molar-refractivity contribution in [1.82, 2.24) is 0 Å². The Hall–Kier alpha value is -1.59. The molecule has 0 aliphatic heterocycles. The van der Waals surface area contributed by atoms with E-state index in [1.807, 2.05) is 0 Å². The van der Waals surface area contributed by atoms with Crippen molar-refractivity contribution in [3.05, 3.63) is 0 Å². The van der Waals surface area contributed by atoms with Gasteiger partial charge >= 0.3 is 17.9 Å². The molecule has 0 saturated carbocycles. The minimum Gasteiger partial charge on any atom is -0.462 e. The number of unbranched alkanes of at least 4 members (excludes halogenated alkanes) is 33. The number of ether oxygens (including phenoxy) is 3. The second-order valence-electron chi connectivity index (χ2n) is 17.9. The van der Waals surface area contributed by atoms with E-state index in [1.54, 1.807) is 0 Å². The topological polar surface area (TPSA) is 78.9 Å². The lowest BCUT2D eigenvalue weighted by atomic mass is 10.0. The number of esters is 3. The largest absolute Gasteiger partial charge is 0.462 e. The molecule has 0 spiro atoms. The smallest absolute Gasteiger partial charge is 0.306 e. The summed E-state index contributed by atoms with van der Waals surface area (Å²) >= 11 is 0. The van der Waals surface area contributed by atoms with Crippen LogP contribution in [0, 0.1) is 5.92 Å². The maximum Gasteiger partial charge on any atom is 0.306 e. The first-order valence-corrected chi connectivity index (χ1v) is 25.4. The van der Waals surface area contributed by atoms with Crippen molar-refractivity contribution in [3.63, 3.8) is 0 Å². The summed E-state index contributed by atoms with van der Waals surface area (Å²) in [4.78, 5) is 37.9.